The number of morpholine rings is 1. The fourth-order valence-corrected chi connectivity index (χ4v) is 6.02. The van der Waals surface area contributed by atoms with Gasteiger partial charge in [0.05, 0.1) is 18.6 Å². The Morgan fingerprint density at radius 3 is 2.92 bits per heavy atom. The zero-order valence-electron chi connectivity index (χ0n) is 15.1. The van der Waals surface area contributed by atoms with E-state index < -0.39 is 6.10 Å². The van der Waals surface area contributed by atoms with Crippen molar-refractivity contribution in [2.75, 3.05) is 38.6 Å². The van der Waals surface area contributed by atoms with Gasteiger partial charge in [0.15, 0.2) is 5.16 Å². The van der Waals surface area contributed by atoms with Crippen molar-refractivity contribution in [2.24, 2.45) is 7.05 Å². The zero-order chi connectivity index (χ0) is 18.1. The quantitative estimate of drug-likeness (QED) is 0.560. The summed E-state index contributed by atoms with van der Waals surface area (Å²) in [6.07, 6.45) is 4.03. The molecule has 0 amide bonds. The van der Waals surface area contributed by atoms with Crippen LogP contribution in [0.4, 0.5) is 0 Å². The predicted molar refractivity (Wildman–Crippen MR) is 105 cm³/mol. The van der Waals surface area contributed by atoms with Crippen molar-refractivity contribution in [2.45, 2.75) is 36.9 Å². The van der Waals surface area contributed by atoms with Crippen molar-refractivity contribution in [3.8, 4) is 0 Å². The Labute approximate surface area is 161 Å². The number of thioether (sulfide) groups is 1. The summed E-state index contributed by atoms with van der Waals surface area (Å²) in [6, 6.07) is 0. The fourth-order valence-electron chi connectivity index (χ4n) is 3.82. The van der Waals surface area contributed by atoms with Crippen molar-refractivity contribution in [3.05, 3.63) is 20.8 Å². The second-order valence-electron chi connectivity index (χ2n) is 7.18. The van der Waals surface area contributed by atoms with Crippen LogP contribution in [0.5, 0.6) is 0 Å². The minimum absolute atomic E-state index is 0.0604. The van der Waals surface area contributed by atoms with Crippen molar-refractivity contribution < 1.29 is 14.7 Å². The molecule has 2 aliphatic rings. The third-order valence-corrected chi connectivity index (χ3v) is 7.64. The standard InChI is InChI=1S/C18H25N3O3S2/c1-20-17(23)15-13-4-2-3-5-14(13)26-16(15)19-18(20)25-11-12(22)10-21-6-8-24-9-7-21/h12,22H,2-11H2,1H3/p+1/t12-/m1/s1. The largest absolute Gasteiger partial charge is 0.386 e. The van der Waals surface area contributed by atoms with Crippen LogP contribution in [0, 0.1) is 0 Å². The van der Waals surface area contributed by atoms with Crippen LogP contribution >= 0.6 is 23.1 Å². The van der Waals surface area contributed by atoms with Crippen LogP contribution in [0.2, 0.25) is 0 Å². The molecular weight excluding hydrogens is 370 g/mol. The number of aryl methyl sites for hydroxylation is 2. The summed E-state index contributed by atoms with van der Waals surface area (Å²) in [6.45, 7) is 4.16. The lowest BCUT2D eigenvalue weighted by Gasteiger charge is -2.25. The van der Waals surface area contributed by atoms with Gasteiger partial charge in [0.25, 0.3) is 5.56 Å². The number of aliphatic hydroxyl groups excluding tert-OH is 1. The van der Waals surface area contributed by atoms with Gasteiger partial charge >= 0.3 is 0 Å². The molecule has 1 atom stereocenters. The van der Waals surface area contributed by atoms with E-state index in [9.17, 15) is 9.90 Å². The number of ether oxygens (including phenoxy) is 1. The maximum atomic E-state index is 12.9. The van der Waals surface area contributed by atoms with Gasteiger partial charge in [-0.15, -0.1) is 11.3 Å². The van der Waals surface area contributed by atoms with Crippen molar-refractivity contribution >= 4 is 33.3 Å². The van der Waals surface area contributed by atoms with E-state index in [1.54, 1.807) is 23.0 Å². The Balaban J connectivity index is 1.49. The minimum atomic E-state index is -0.405. The summed E-state index contributed by atoms with van der Waals surface area (Å²) >= 11 is 3.16. The Morgan fingerprint density at radius 2 is 2.12 bits per heavy atom. The van der Waals surface area contributed by atoms with Crippen LogP contribution in [-0.2, 0) is 24.6 Å². The lowest BCUT2D eigenvalue weighted by Crippen LogP contribution is -3.15. The van der Waals surface area contributed by atoms with Crippen molar-refractivity contribution in [3.63, 3.8) is 0 Å². The summed E-state index contributed by atoms with van der Waals surface area (Å²) in [7, 11) is 1.80. The van der Waals surface area contributed by atoms with Crippen molar-refractivity contribution in [1.29, 1.82) is 0 Å². The molecule has 3 heterocycles. The first-order chi connectivity index (χ1) is 12.6. The molecule has 8 heteroatoms. The van der Waals surface area contributed by atoms with Gasteiger partial charge in [-0.1, -0.05) is 11.8 Å². The summed E-state index contributed by atoms with van der Waals surface area (Å²) in [5.74, 6) is 0.557. The minimum Gasteiger partial charge on any atom is -0.386 e. The van der Waals surface area contributed by atoms with Gasteiger partial charge in [-0.2, -0.15) is 0 Å². The number of nitrogens with zero attached hydrogens (tertiary/aromatic N) is 2. The van der Waals surface area contributed by atoms with E-state index in [-0.39, 0.29) is 5.56 Å². The SMILES string of the molecule is Cn1c(SC[C@H](O)C[NH+]2CCOCC2)nc2sc3c(c2c1=O)CCCC3. The first-order valence-corrected chi connectivity index (χ1v) is 11.2. The number of nitrogens with one attached hydrogen (secondary N) is 1. The maximum absolute atomic E-state index is 12.9. The zero-order valence-corrected chi connectivity index (χ0v) is 16.8. The predicted octanol–water partition coefficient (Wildman–Crippen LogP) is 0.242. The molecule has 0 spiro atoms. The number of thiophene rings is 1. The second kappa shape index (κ2) is 7.98. The number of quaternary nitrogens is 1. The van der Waals surface area contributed by atoms with Crippen LogP contribution in [-0.4, -0.2) is 59.4 Å². The van der Waals surface area contributed by atoms with Crippen molar-refractivity contribution in [1.82, 2.24) is 9.55 Å². The average Bonchev–Trinajstić information content (AvgIpc) is 3.02. The molecular formula is C18H26N3O3S2+. The molecule has 0 saturated carbocycles. The third kappa shape index (κ3) is 3.71. The smallest absolute Gasteiger partial charge is 0.262 e. The highest BCUT2D eigenvalue weighted by Gasteiger charge is 2.22. The molecule has 1 aliphatic heterocycles. The van der Waals surface area contributed by atoms with Crippen LogP contribution in [0.1, 0.15) is 23.3 Å². The highest BCUT2D eigenvalue weighted by molar-refractivity contribution is 7.99. The third-order valence-electron chi connectivity index (χ3n) is 5.28. The topological polar surface area (TPSA) is 68.8 Å². The molecule has 2 aromatic rings. The molecule has 0 bridgehead atoms. The normalized spacial score (nSPS) is 19.6. The molecule has 4 rings (SSSR count). The molecule has 26 heavy (non-hydrogen) atoms. The highest BCUT2D eigenvalue weighted by atomic mass is 32.2. The summed E-state index contributed by atoms with van der Waals surface area (Å²) in [5, 5.41) is 11.9. The molecule has 1 aliphatic carbocycles. The molecule has 6 nitrogen and oxygen atoms in total. The summed E-state index contributed by atoms with van der Waals surface area (Å²) < 4.78 is 7.02. The maximum Gasteiger partial charge on any atom is 0.262 e. The van der Waals surface area contributed by atoms with Crippen LogP contribution in [0.15, 0.2) is 9.95 Å². The average molecular weight is 397 g/mol. The van der Waals surface area contributed by atoms with Gasteiger partial charge in [0.2, 0.25) is 0 Å². The van der Waals surface area contributed by atoms with Gasteiger partial charge < -0.3 is 14.7 Å². The number of aliphatic hydroxyl groups is 1. The highest BCUT2D eigenvalue weighted by Crippen LogP contribution is 2.34. The van der Waals surface area contributed by atoms with Gasteiger partial charge in [0.1, 0.15) is 30.6 Å². The molecule has 2 N–H and O–H groups in total. The fraction of sp³-hybridized carbons (Fsp3) is 0.667. The van der Waals surface area contributed by atoms with Gasteiger partial charge in [0, 0.05) is 17.7 Å². The molecule has 142 valence electrons. The summed E-state index contributed by atoms with van der Waals surface area (Å²) in [5.41, 5.74) is 1.29. The van der Waals surface area contributed by atoms with Gasteiger partial charge in [-0.25, -0.2) is 4.98 Å². The lowest BCUT2D eigenvalue weighted by atomic mass is 9.97. The number of hydrogen-bond donors (Lipinski definition) is 2. The Bertz CT molecular complexity index is 842. The van der Waals surface area contributed by atoms with Gasteiger partial charge in [-0.3, -0.25) is 9.36 Å². The van der Waals surface area contributed by atoms with E-state index in [0.29, 0.717) is 10.9 Å². The number of aromatic nitrogens is 2. The Morgan fingerprint density at radius 1 is 1.35 bits per heavy atom. The molecule has 0 unspecified atom stereocenters. The molecule has 0 radical (unpaired) electrons. The number of hydrogen-bond acceptors (Lipinski definition) is 6. The second-order valence-corrected chi connectivity index (χ2v) is 9.25. The molecule has 0 aromatic carbocycles. The van der Waals surface area contributed by atoms with E-state index in [1.165, 1.54) is 33.5 Å². The first kappa shape index (κ1) is 18.4. The van der Waals surface area contributed by atoms with Crippen LogP contribution in [0.25, 0.3) is 10.2 Å². The number of fused-ring (bicyclic) bond motifs is 3. The Hall–Kier alpha value is -0.930. The Kier molecular flexibility index (Phi) is 5.66. The van der Waals surface area contributed by atoms with E-state index in [0.717, 1.165) is 62.3 Å². The van der Waals surface area contributed by atoms with Crippen LogP contribution < -0.4 is 10.5 Å². The summed E-state index contributed by atoms with van der Waals surface area (Å²) in [4.78, 5) is 21.2. The molecule has 1 fully saturated rings. The number of rotatable bonds is 5. The first-order valence-electron chi connectivity index (χ1n) is 9.37. The van der Waals surface area contributed by atoms with E-state index in [2.05, 4.69) is 0 Å². The lowest BCUT2D eigenvalue weighted by molar-refractivity contribution is -0.910. The van der Waals surface area contributed by atoms with Gasteiger partial charge in [-0.05, 0) is 31.2 Å². The van der Waals surface area contributed by atoms with E-state index in [4.69, 9.17) is 9.72 Å². The van der Waals surface area contributed by atoms with Crippen LogP contribution in [0.3, 0.4) is 0 Å². The molecule has 1 saturated heterocycles. The monoisotopic (exact) mass is 396 g/mol. The van der Waals surface area contributed by atoms with E-state index >= 15 is 0 Å². The molecule has 2 aromatic heterocycles. The van der Waals surface area contributed by atoms with E-state index in [1.807, 2.05) is 0 Å².